The minimum atomic E-state index is -0.448. The van der Waals surface area contributed by atoms with Crippen LogP contribution in [0.5, 0.6) is 5.75 Å². The summed E-state index contributed by atoms with van der Waals surface area (Å²) in [6.45, 7) is 4.06. The summed E-state index contributed by atoms with van der Waals surface area (Å²) in [6.07, 6.45) is 1.91. The zero-order chi connectivity index (χ0) is 53.1. The van der Waals surface area contributed by atoms with Crippen LogP contribution >= 0.6 is 0 Å². The molecule has 0 aliphatic heterocycles. The molecule has 0 radical (unpaired) electrons. The Morgan fingerprint density at radius 3 is 1.54 bits per heavy atom. The SMILES string of the molecule is C=Cc1ccc(-n2c3c(c4cc(-c5cc(N(c6ccccc6)c6ccc(OC)cc6)cc(N(c6ccccc6)c6ccc7c(c6)-c6ccccc6C76c7ccccc7-c7ccccc76)c5)ccc42)-c2cccc4cccc-3c24)cc1. The Balaban J connectivity index is 0.948. The Morgan fingerprint density at radius 1 is 0.400 bits per heavy atom. The number of fused-ring (bicyclic) bond motifs is 15. The summed E-state index contributed by atoms with van der Waals surface area (Å²) in [5.41, 5.74) is 26.7. The standard InChI is InChI=1S/C76H51N3O/c1-3-49-32-35-56(36-33-49)79-72-43-34-51(46-67(72)74-64-27-16-18-50-19-17-28-65(73(50)64)75(74)79)52-44-58(77(53-20-6-4-7-21-53)55-37-40-60(80-2)41-38-55)47-59(45-52)78(54-22-8-5-9-23-54)57-39-42-71-66(48-57)63-26-12-15-31-70(63)76(71)68-29-13-10-24-61(68)62-25-11-14-30-69(62)76/h3-48H,1H2,2H3. The fourth-order valence-corrected chi connectivity index (χ4v) is 13.8. The van der Waals surface area contributed by atoms with Gasteiger partial charge in [-0.2, -0.15) is 0 Å². The molecular weight excluding hydrogens is 971 g/mol. The molecule has 1 aromatic heterocycles. The second-order valence-corrected chi connectivity index (χ2v) is 21.2. The summed E-state index contributed by atoms with van der Waals surface area (Å²) in [4.78, 5) is 4.82. The molecule has 0 N–H and O–H groups in total. The van der Waals surface area contributed by atoms with Gasteiger partial charge in [0.25, 0.3) is 0 Å². The first kappa shape index (κ1) is 45.7. The number of benzene rings is 12. The van der Waals surface area contributed by atoms with E-state index in [1.807, 2.05) is 18.2 Å². The molecule has 0 saturated carbocycles. The summed E-state index contributed by atoms with van der Waals surface area (Å²) < 4.78 is 8.19. The highest BCUT2D eigenvalue weighted by atomic mass is 16.5. The highest BCUT2D eigenvalue weighted by Crippen LogP contribution is 2.63. The summed E-state index contributed by atoms with van der Waals surface area (Å²) in [7, 11) is 1.72. The molecule has 0 fully saturated rings. The molecule has 4 nitrogen and oxygen atoms in total. The lowest BCUT2D eigenvalue weighted by Gasteiger charge is -2.32. The summed E-state index contributed by atoms with van der Waals surface area (Å²) in [5.74, 6) is 0.804. The van der Waals surface area contributed by atoms with Crippen LogP contribution in [-0.2, 0) is 5.41 Å². The van der Waals surface area contributed by atoms with Gasteiger partial charge < -0.3 is 19.1 Å². The van der Waals surface area contributed by atoms with Gasteiger partial charge in [-0.3, -0.25) is 0 Å². The lowest BCUT2D eigenvalue weighted by Crippen LogP contribution is -2.25. The normalized spacial score (nSPS) is 12.7. The van der Waals surface area contributed by atoms with Crippen LogP contribution in [0.4, 0.5) is 34.1 Å². The lowest BCUT2D eigenvalue weighted by molar-refractivity contribution is 0.415. The van der Waals surface area contributed by atoms with Crippen LogP contribution in [0.25, 0.3) is 89.2 Å². The van der Waals surface area contributed by atoms with Gasteiger partial charge in [-0.15, -0.1) is 0 Å². The van der Waals surface area contributed by atoms with E-state index in [2.05, 4.69) is 282 Å². The number of hydrogen-bond acceptors (Lipinski definition) is 3. The van der Waals surface area contributed by atoms with E-state index in [-0.39, 0.29) is 0 Å². The fraction of sp³-hybridized carbons (Fsp3) is 0.0263. The Hall–Kier alpha value is -10.4. The molecule has 3 aliphatic rings. The maximum Gasteiger partial charge on any atom is 0.119 e. The van der Waals surface area contributed by atoms with E-state index in [0.717, 1.165) is 67.8 Å². The van der Waals surface area contributed by atoms with Crippen LogP contribution in [0.3, 0.4) is 0 Å². The van der Waals surface area contributed by atoms with E-state index in [1.165, 1.54) is 83.1 Å². The van der Waals surface area contributed by atoms with Crippen molar-refractivity contribution in [3.63, 3.8) is 0 Å². The highest BCUT2D eigenvalue weighted by Gasteiger charge is 2.51. The van der Waals surface area contributed by atoms with Gasteiger partial charge in [0.1, 0.15) is 5.75 Å². The van der Waals surface area contributed by atoms with Crippen molar-refractivity contribution < 1.29 is 4.74 Å². The van der Waals surface area contributed by atoms with E-state index < -0.39 is 5.41 Å². The van der Waals surface area contributed by atoms with Crippen LogP contribution < -0.4 is 14.5 Å². The van der Waals surface area contributed by atoms with Crippen molar-refractivity contribution in [3.8, 4) is 67.2 Å². The van der Waals surface area contributed by atoms with Crippen molar-refractivity contribution >= 4 is 61.9 Å². The molecule has 1 spiro atoms. The van der Waals surface area contributed by atoms with Crippen LogP contribution in [0.15, 0.2) is 280 Å². The average molecular weight is 1020 g/mol. The van der Waals surface area contributed by atoms with Crippen molar-refractivity contribution in [2.75, 3.05) is 16.9 Å². The average Bonchev–Trinajstić information content (AvgIpc) is 4.43. The van der Waals surface area contributed by atoms with Gasteiger partial charge in [0.15, 0.2) is 0 Å². The number of anilines is 6. The molecule has 376 valence electrons. The molecule has 0 atom stereocenters. The fourth-order valence-electron chi connectivity index (χ4n) is 13.8. The van der Waals surface area contributed by atoms with Gasteiger partial charge in [0.05, 0.1) is 23.7 Å². The largest absolute Gasteiger partial charge is 0.497 e. The summed E-state index contributed by atoms with van der Waals surface area (Å²) in [6, 6.07) is 101. The van der Waals surface area contributed by atoms with Gasteiger partial charge in [-0.25, -0.2) is 0 Å². The van der Waals surface area contributed by atoms with E-state index in [9.17, 15) is 0 Å². The maximum absolute atomic E-state index is 5.72. The van der Waals surface area contributed by atoms with Gasteiger partial charge in [-0.1, -0.05) is 183 Å². The van der Waals surface area contributed by atoms with Gasteiger partial charge >= 0.3 is 0 Å². The Labute approximate surface area is 465 Å². The lowest BCUT2D eigenvalue weighted by atomic mass is 9.70. The highest BCUT2D eigenvalue weighted by molar-refractivity contribution is 6.22. The number of rotatable bonds is 10. The Kier molecular flexibility index (Phi) is 10.2. The predicted molar refractivity (Wildman–Crippen MR) is 333 cm³/mol. The zero-order valence-electron chi connectivity index (χ0n) is 44.0. The molecule has 0 bridgehead atoms. The molecule has 0 saturated heterocycles. The minimum absolute atomic E-state index is 0.448. The number of hydrogen-bond donors (Lipinski definition) is 0. The Bertz CT molecular complexity index is 4600. The maximum atomic E-state index is 5.72. The van der Waals surface area contributed by atoms with Crippen LogP contribution in [0, 0.1) is 0 Å². The molecule has 3 aliphatic carbocycles. The Morgan fingerprint density at radius 2 is 0.925 bits per heavy atom. The number of methoxy groups -OCH3 is 1. The molecule has 1 heterocycles. The molecule has 16 rings (SSSR count). The number of nitrogens with zero attached hydrogens (tertiary/aromatic N) is 3. The van der Waals surface area contributed by atoms with Crippen molar-refractivity contribution in [2.24, 2.45) is 0 Å². The molecule has 12 aromatic carbocycles. The summed E-state index contributed by atoms with van der Waals surface area (Å²) in [5, 5.41) is 3.75. The monoisotopic (exact) mass is 1020 g/mol. The quantitative estimate of drug-likeness (QED) is 0.136. The minimum Gasteiger partial charge on any atom is -0.497 e. The number of para-hydroxylation sites is 2. The van der Waals surface area contributed by atoms with E-state index in [0.29, 0.717) is 0 Å². The number of ether oxygens (including phenoxy) is 1. The first-order chi connectivity index (χ1) is 39.6. The van der Waals surface area contributed by atoms with Gasteiger partial charge in [0.2, 0.25) is 0 Å². The summed E-state index contributed by atoms with van der Waals surface area (Å²) >= 11 is 0. The van der Waals surface area contributed by atoms with Crippen molar-refractivity contribution in [1.82, 2.24) is 4.57 Å². The van der Waals surface area contributed by atoms with Crippen LogP contribution in [-0.4, -0.2) is 11.7 Å². The topological polar surface area (TPSA) is 20.6 Å². The molecule has 0 amide bonds. The molecule has 13 aromatic rings. The van der Waals surface area contributed by atoms with Crippen LogP contribution in [0.1, 0.15) is 27.8 Å². The molecule has 4 heteroatoms. The third-order valence-corrected chi connectivity index (χ3v) is 17.1. The predicted octanol–water partition coefficient (Wildman–Crippen LogP) is 20.0. The van der Waals surface area contributed by atoms with E-state index in [4.69, 9.17) is 4.74 Å². The first-order valence-corrected chi connectivity index (χ1v) is 27.5. The molecule has 0 unspecified atom stereocenters. The third-order valence-electron chi connectivity index (χ3n) is 17.1. The van der Waals surface area contributed by atoms with Crippen LogP contribution in [0.2, 0.25) is 0 Å². The van der Waals surface area contributed by atoms with Crippen molar-refractivity contribution in [3.05, 3.63) is 307 Å². The van der Waals surface area contributed by atoms with Gasteiger partial charge in [-0.05, 0) is 181 Å². The van der Waals surface area contributed by atoms with E-state index >= 15 is 0 Å². The van der Waals surface area contributed by atoms with Gasteiger partial charge in [0, 0.05) is 56.3 Å². The number of aromatic nitrogens is 1. The molecule has 80 heavy (non-hydrogen) atoms. The molecular formula is C76H51N3O. The second-order valence-electron chi connectivity index (χ2n) is 21.2. The third kappa shape index (κ3) is 6.63. The first-order valence-electron chi connectivity index (χ1n) is 27.5. The van der Waals surface area contributed by atoms with E-state index in [1.54, 1.807) is 7.11 Å². The van der Waals surface area contributed by atoms with Crippen molar-refractivity contribution in [2.45, 2.75) is 5.41 Å². The smallest absolute Gasteiger partial charge is 0.119 e. The zero-order valence-corrected chi connectivity index (χ0v) is 44.0. The second kappa shape index (κ2) is 17.8. The van der Waals surface area contributed by atoms with Crippen molar-refractivity contribution in [1.29, 1.82) is 0 Å².